The number of aliphatic carboxylic acids is 2. The maximum Gasteiger partial charge on any atom is 1.00 e. The van der Waals surface area contributed by atoms with E-state index in [-0.39, 0.29) is 83.8 Å². The Morgan fingerprint density at radius 2 is 1.18 bits per heavy atom. The molecule has 0 aliphatic rings. The molecule has 3 N–H and O–H groups in total. The van der Waals surface area contributed by atoms with E-state index >= 15 is 0 Å². The first-order chi connectivity index (χ1) is 6.46. The first-order valence-electron chi connectivity index (χ1n) is 2.99. The number of hydrogen-bond acceptors (Lipinski definition) is 9. The van der Waals surface area contributed by atoms with Crippen LogP contribution < -0.4 is 101 Å². The Labute approximate surface area is 163 Å². The third-order valence-electron chi connectivity index (χ3n) is 0.782. The minimum atomic E-state index is -5.14. The van der Waals surface area contributed by atoms with Crippen molar-refractivity contribution >= 4 is 19.8 Å². The number of aliphatic hydroxyl groups is 2. The Bertz CT molecular complexity index is 260. The smallest absolute Gasteiger partial charge is 0.790 e. The van der Waals surface area contributed by atoms with Gasteiger partial charge in [0.2, 0.25) is 0 Å². The van der Waals surface area contributed by atoms with Gasteiger partial charge in [-0.3, -0.25) is 0 Å². The van der Waals surface area contributed by atoms with Crippen LogP contribution in [0.5, 0.6) is 0 Å². The predicted molar refractivity (Wildman–Crippen MR) is 34.1 cm³/mol. The van der Waals surface area contributed by atoms with Crippen LogP contribution in [0.3, 0.4) is 0 Å². The zero-order chi connectivity index (χ0) is 12.8. The zero-order valence-corrected chi connectivity index (χ0v) is 14.8. The van der Waals surface area contributed by atoms with Crippen molar-refractivity contribution in [1.29, 1.82) is 0 Å². The minimum absolute atomic E-state index is 0. The SMILES string of the molecule is O=C([O-])C(O)C(O)C(=O)[O-].O=P([O-])([O-])O.[H+].[H+].[K+].[Na+]. The average molecular weight is 308 g/mol. The molecule has 0 saturated heterocycles. The van der Waals surface area contributed by atoms with Crippen molar-refractivity contribution in [3.05, 3.63) is 0 Å². The molecule has 0 saturated carbocycles. The number of phosphoric acid groups is 1. The fourth-order valence-electron chi connectivity index (χ4n) is 0.258. The molecule has 0 spiro atoms. The summed E-state index contributed by atoms with van der Waals surface area (Å²) in [4.78, 5) is 43.6. The van der Waals surface area contributed by atoms with E-state index in [1.807, 2.05) is 0 Å². The summed E-state index contributed by atoms with van der Waals surface area (Å²) in [5.74, 6) is -4.12. The number of carbonyl (C=O) groups excluding carboxylic acids is 2. The van der Waals surface area contributed by atoms with Gasteiger partial charge < -0.3 is 49.3 Å². The fourth-order valence-corrected chi connectivity index (χ4v) is 0.258. The second kappa shape index (κ2) is 12.6. The summed E-state index contributed by atoms with van der Waals surface area (Å²) < 4.78 is 8.66. The van der Waals surface area contributed by atoms with Gasteiger partial charge in [-0.05, 0) is 0 Å². The molecule has 13 heteroatoms. The largest absolute Gasteiger partial charge is 1.00 e. The summed E-state index contributed by atoms with van der Waals surface area (Å²) in [6.45, 7) is 0. The van der Waals surface area contributed by atoms with Crippen LogP contribution in [0.15, 0.2) is 0 Å². The molecule has 0 bridgehead atoms. The van der Waals surface area contributed by atoms with Crippen molar-refractivity contribution in [2.24, 2.45) is 0 Å². The summed E-state index contributed by atoms with van der Waals surface area (Å²) in [6, 6.07) is 0. The average Bonchev–Trinajstić information content (AvgIpc) is 1.98. The summed E-state index contributed by atoms with van der Waals surface area (Å²) in [7, 11) is -5.14. The van der Waals surface area contributed by atoms with Gasteiger partial charge in [0.25, 0.3) is 0 Å². The van der Waals surface area contributed by atoms with E-state index in [4.69, 9.17) is 29.5 Å². The van der Waals surface area contributed by atoms with Crippen molar-refractivity contribution in [2.45, 2.75) is 12.2 Å². The van der Waals surface area contributed by atoms with E-state index in [0.717, 1.165) is 0 Å². The molecule has 2 unspecified atom stereocenters. The van der Waals surface area contributed by atoms with Crippen LogP contribution in [-0.2, 0) is 14.2 Å². The monoisotopic (exact) mass is 308 g/mol. The van der Waals surface area contributed by atoms with Crippen LogP contribution >= 0.6 is 7.82 Å². The normalized spacial score (nSPS) is 12.8. The number of hydrogen-bond donors (Lipinski definition) is 3. The molecule has 0 aliphatic carbocycles. The second-order valence-electron chi connectivity index (χ2n) is 2.00. The Morgan fingerprint density at radius 1 is 1.06 bits per heavy atom. The van der Waals surface area contributed by atoms with E-state index in [9.17, 15) is 19.8 Å². The van der Waals surface area contributed by atoms with Gasteiger partial charge in [0.1, 0.15) is 12.2 Å². The molecule has 0 aromatic carbocycles. The molecular formula is C4H7KNaO10P. The van der Waals surface area contributed by atoms with Crippen molar-refractivity contribution < 1.29 is 133 Å². The quantitative estimate of drug-likeness (QED) is 0.331. The standard InChI is InChI=1S/C4H6O6.K.Na.H3O4P/c5-1(3(7)8)2(6)4(9)10;;;1-5(2,3)4/h1-2,5-6H,(H,7,8)(H,9,10);;;(H3,1,2,3,4)/q;2*+1;/p-2. The van der Waals surface area contributed by atoms with Gasteiger partial charge in [0, 0.05) is 0 Å². The molecule has 0 fully saturated rings. The summed E-state index contributed by atoms with van der Waals surface area (Å²) in [5, 5.41) is 35.7. The maximum atomic E-state index is 9.63. The van der Waals surface area contributed by atoms with Crippen LogP contribution in [0.25, 0.3) is 0 Å². The third kappa shape index (κ3) is 23.2. The van der Waals surface area contributed by atoms with Gasteiger partial charge in [-0.2, -0.15) is 0 Å². The molecule has 90 valence electrons. The molecule has 10 nitrogen and oxygen atoms in total. The fraction of sp³-hybridized carbons (Fsp3) is 0.500. The number of aliphatic hydroxyl groups excluding tert-OH is 2. The van der Waals surface area contributed by atoms with Gasteiger partial charge in [-0.1, -0.05) is 0 Å². The van der Waals surface area contributed by atoms with Gasteiger partial charge in [0.05, 0.1) is 19.8 Å². The van der Waals surface area contributed by atoms with Crippen LogP contribution in [0.4, 0.5) is 0 Å². The van der Waals surface area contributed by atoms with Crippen molar-refractivity contribution in [3.8, 4) is 0 Å². The first kappa shape index (κ1) is 27.0. The second-order valence-corrected chi connectivity index (χ2v) is 2.93. The van der Waals surface area contributed by atoms with Crippen LogP contribution in [-0.4, -0.2) is 39.3 Å². The van der Waals surface area contributed by atoms with E-state index in [1.54, 1.807) is 0 Å². The van der Waals surface area contributed by atoms with E-state index < -0.39 is 32.0 Å². The Balaban J connectivity index is -0.0000000418. The molecule has 2 atom stereocenters. The Hall–Kier alpha value is 1.61. The number of carboxylic acid groups (broad SMARTS) is 2. The molecule has 0 aromatic heterocycles. The third-order valence-corrected chi connectivity index (χ3v) is 0.782. The van der Waals surface area contributed by atoms with Gasteiger partial charge >= 0.3 is 83.8 Å². The van der Waals surface area contributed by atoms with Crippen LogP contribution in [0.2, 0.25) is 0 Å². The summed E-state index contributed by atoms with van der Waals surface area (Å²) in [5.41, 5.74) is 0. The van der Waals surface area contributed by atoms with Crippen LogP contribution in [0.1, 0.15) is 2.85 Å². The molecule has 0 aliphatic heterocycles. The first-order valence-corrected chi connectivity index (χ1v) is 4.49. The molecule has 0 aromatic rings. The predicted octanol–water partition coefficient (Wildman–Crippen LogP) is -12.8. The Morgan fingerprint density at radius 3 is 1.24 bits per heavy atom. The zero-order valence-electron chi connectivity index (χ0n) is 10.8. The maximum absolute atomic E-state index is 9.63. The van der Waals surface area contributed by atoms with Crippen molar-refractivity contribution in [2.75, 3.05) is 0 Å². The molecular weight excluding hydrogens is 301 g/mol. The molecule has 0 rings (SSSR count). The minimum Gasteiger partial charge on any atom is -0.790 e. The number of carboxylic acids is 2. The molecule has 0 heterocycles. The van der Waals surface area contributed by atoms with Gasteiger partial charge in [-0.25, -0.2) is 0 Å². The van der Waals surface area contributed by atoms with Gasteiger partial charge in [0.15, 0.2) is 0 Å². The summed E-state index contributed by atoms with van der Waals surface area (Å²) in [6.07, 6.45) is -4.88. The molecule has 0 amide bonds. The summed E-state index contributed by atoms with van der Waals surface area (Å²) >= 11 is 0. The number of rotatable bonds is 3. The Kier molecular flexibility index (Phi) is 20.1. The topological polar surface area (TPSA) is 204 Å². The van der Waals surface area contributed by atoms with Crippen LogP contribution in [0, 0.1) is 0 Å². The van der Waals surface area contributed by atoms with E-state index in [1.165, 1.54) is 0 Å². The number of carbonyl (C=O) groups is 2. The van der Waals surface area contributed by atoms with E-state index in [2.05, 4.69) is 0 Å². The molecule has 0 radical (unpaired) electrons. The molecule has 17 heavy (non-hydrogen) atoms. The van der Waals surface area contributed by atoms with E-state index in [0.29, 0.717) is 0 Å². The van der Waals surface area contributed by atoms with Crippen molar-refractivity contribution in [3.63, 3.8) is 0 Å². The van der Waals surface area contributed by atoms with Gasteiger partial charge in [-0.15, -0.1) is 0 Å². The van der Waals surface area contributed by atoms with Crippen molar-refractivity contribution in [1.82, 2.24) is 0 Å².